The molecule has 2 aliphatic heterocycles. The van der Waals surface area contributed by atoms with E-state index in [0.29, 0.717) is 62.7 Å². The Bertz CT molecular complexity index is 899. The molecule has 4 rings (SSSR count). The van der Waals surface area contributed by atoms with E-state index >= 15 is 0 Å². The van der Waals surface area contributed by atoms with E-state index in [0.717, 1.165) is 12.1 Å². The third-order valence-corrected chi connectivity index (χ3v) is 5.05. The minimum Gasteiger partial charge on any atom is -0.436 e. The van der Waals surface area contributed by atoms with Gasteiger partial charge < -0.3 is 19.0 Å². The van der Waals surface area contributed by atoms with Crippen molar-refractivity contribution < 1.29 is 13.9 Å². The maximum Gasteiger partial charge on any atom is 0.291 e. The maximum absolute atomic E-state index is 12.7. The summed E-state index contributed by atoms with van der Waals surface area (Å²) in [6.07, 6.45) is 0.761. The van der Waals surface area contributed by atoms with Crippen LogP contribution in [0.15, 0.2) is 15.3 Å². The molecular formula is C18H23N5O4. The molecule has 0 radical (unpaired) electrons. The predicted octanol–water partition coefficient (Wildman–Crippen LogP) is 0.841. The molecule has 0 spiro atoms. The van der Waals surface area contributed by atoms with Gasteiger partial charge in [0.05, 0.1) is 24.6 Å². The van der Waals surface area contributed by atoms with Crippen molar-refractivity contribution in [1.29, 1.82) is 0 Å². The SMILES string of the molecule is Cc1nc(C)c(C(=O)N2CC[C@@H](c3cc(=O)[nH]c(N4CCOCC4)n3)C2)o1. The highest BCUT2D eigenvalue weighted by molar-refractivity contribution is 5.92. The summed E-state index contributed by atoms with van der Waals surface area (Å²) < 4.78 is 10.8. The van der Waals surface area contributed by atoms with Gasteiger partial charge in [0.2, 0.25) is 11.7 Å². The molecule has 0 aromatic carbocycles. The molecule has 0 saturated carbocycles. The number of carbonyl (C=O) groups is 1. The van der Waals surface area contributed by atoms with Gasteiger partial charge in [0.25, 0.3) is 11.5 Å². The summed E-state index contributed by atoms with van der Waals surface area (Å²) in [5.41, 5.74) is 1.15. The van der Waals surface area contributed by atoms with Crippen molar-refractivity contribution in [1.82, 2.24) is 19.9 Å². The molecule has 2 aromatic heterocycles. The lowest BCUT2D eigenvalue weighted by Crippen LogP contribution is -2.38. The molecule has 2 saturated heterocycles. The summed E-state index contributed by atoms with van der Waals surface area (Å²) in [4.78, 5) is 40.3. The number of aryl methyl sites for hydroxylation is 2. The normalized spacial score (nSPS) is 20.3. The Kier molecular flexibility index (Phi) is 4.69. The van der Waals surface area contributed by atoms with E-state index in [1.165, 1.54) is 6.07 Å². The van der Waals surface area contributed by atoms with Crippen molar-refractivity contribution in [3.05, 3.63) is 39.5 Å². The molecule has 4 heterocycles. The number of aromatic amines is 1. The Morgan fingerprint density at radius 2 is 2.00 bits per heavy atom. The number of carbonyl (C=O) groups excluding carboxylic acids is 1. The van der Waals surface area contributed by atoms with Crippen LogP contribution in [0.4, 0.5) is 5.95 Å². The number of aromatic nitrogens is 3. The van der Waals surface area contributed by atoms with E-state index in [1.54, 1.807) is 18.7 Å². The fourth-order valence-electron chi connectivity index (χ4n) is 3.66. The summed E-state index contributed by atoms with van der Waals surface area (Å²) in [7, 11) is 0. The molecule has 2 aliphatic rings. The zero-order valence-electron chi connectivity index (χ0n) is 15.5. The summed E-state index contributed by atoms with van der Waals surface area (Å²) in [6.45, 7) is 7.25. The van der Waals surface area contributed by atoms with Crippen LogP contribution in [0.2, 0.25) is 0 Å². The van der Waals surface area contributed by atoms with Crippen molar-refractivity contribution in [2.45, 2.75) is 26.2 Å². The van der Waals surface area contributed by atoms with Gasteiger partial charge in [-0.1, -0.05) is 0 Å². The van der Waals surface area contributed by atoms with Crippen molar-refractivity contribution in [2.75, 3.05) is 44.3 Å². The molecule has 9 nitrogen and oxygen atoms in total. The van der Waals surface area contributed by atoms with Gasteiger partial charge in [0, 0.05) is 45.1 Å². The van der Waals surface area contributed by atoms with Gasteiger partial charge in [-0.15, -0.1) is 0 Å². The first kappa shape index (κ1) is 17.7. The summed E-state index contributed by atoms with van der Waals surface area (Å²) in [5, 5.41) is 0. The molecule has 1 N–H and O–H groups in total. The van der Waals surface area contributed by atoms with Gasteiger partial charge in [0.15, 0.2) is 5.89 Å². The number of ether oxygens (including phenoxy) is 1. The first-order valence-corrected chi connectivity index (χ1v) is 9.18. The minimum absolute atomic E-state index is 0.0281. The lowest BCUT2D eigenvalue weighted by atomic mass is 10.1. The topological polar surface area (TPSA) is 105 Å². The third-order valence-electron chi connectivity index (χ3n) is 5.05. The van der Waals surface area contributed by atoms with Gasteiger partial charge in [-0.05, 0) is 13.3 Å². The molecule has 0 unspecified atom stereocenters. The Morgan fingerprint density at radius 1 is 1.22 bits per heavy atom. The fourth-order valence-corrected chi connectivity index (χ4v) is 3.66. The molecular weight excluding hydrogens is 350 g/mol. The number of oxazole rings is 1. The number of likely N-dealkylation sites (tertiary alicyclic amines) is 1. The third kappa shape index (κ3) is 3.59. The fraction of sp³-hybridized carbons (Fsp3) is 0.556. The van der Waals surface area contributed by atoms with Crippen LogP contribution in [0.25, 0.3) is 0 Å². The van der Waals surface area contributed by atoms with Crippen LogP contribution >= 0.6 is 0 Å². The second kappa shape index (κ2) is 7.15. The number of H-pyrrole nitrogens is 1. The smallest absolute Gasteiger partial charge is 0.291 e. The summed E-state index contributed by atoms with van der Waals surface area (Å²) in [6, 6.07) is 1.53. The molecule has 1 atom stereocenters. The number of morpholine rings is 1. The van der Waals surface area contributed by atoms with E-state index in [1.807, 2.05) is 4.90 Å². The van der Waals surface area contributed by atoms with Crippen LogP contribution < -0.4 is 10.5 Å². The number of nitrogens with one attached hydrogen (secondary N) is 1. The first-order valence-electron chi connectivity index (χ1n) is 9.18. The van der Waals surface area contributed by atoms with Crippen molar-refractivity contribution in [3.8, 4) is 0 Å². The Hall–Kier alpha value is -2.68. The van der Waals surface area contributed by atoms with Gasteiger partial charge in [-0.3, -0.25) is 14.6 Å². The van der Waals surface area contributed by atoms with Crippen LogP contribution in [-0.2, 0) is 4.74 Å². The molecule has 1 amide bonds. The highest BCUT2D eigenvalue weighted by atomic mass is 16.5. The molecule has 2 aromatic rings. The van der Waals surface area contributed by atoms with Gasteiger partial charge in [-0.2, -0.15) is 0 Å². The largest absolute Gasteiger partial charge is 0.436 e. The van der Waals surface area contributed by atoms with E-state index in [4.69, 9.17) is 9.15 Å². The highest BCUT2D eigenvalue weighted by Gasteiger charge is 2.32. The average molecular weight is 373 g/mol. The quantitative estimate of drug-likeness (QED) is 0.850. The van der Waals surface area contributed by atoms with Crippen molar-refractivity contribution >= 4 is 11.9 Å². The van der Waals surface area contributed by atoms with E-state index in [2.05, 4.69) is 15.0 Å². The average Bonchev–Trinajstić information content (AvgIpc) is 3.28. The Balaban J connectivity index is 1.51. The van der Waals surface area contributed by atoms with Crippen LogP contribution in [0.3, 0.4) is 0 Å². The van der Waals surface area contributed by atoms with Crippen LogP contribution in [0, 0.1) is 13.8 Å². The molecule has 0 bridgehead atoms. The first-order chi connectivity index (χ1) is 13.0. The van der Waals surface area contributed by atoms with E-state index in [-0.39, 0.29) is 17.4 Å². The lowest BCUT2D eigenvalue weighted by Gasteiger charge is -2.27. The number of amides is 1. The Labute approximate surface area is 156 Å². The number of hydrogen-bond acceptors (Lipinski definition) is 7. The van der Waals surface area contributed by atoms with Crippen LogP contribution in [-0.4, -0.2) is 65.2 Å². The predicted molar refractivity (Wildman–Crippen MR) is 97.1 cm³/mol. The molecule has 9 heteroatoms. The van der Waals surface area contributed by atoms with Crippen LogP contribution in [0.5, 0.6) is 0 Å². The minimum atomic E-state index is -0.173. The molecule has 2 fully saturated rings. The van der Waals surface area contributed by atoms with Gasteiger partial charge >= 0.3 is 0 Å². The molecule has 144 valence electrons. The number of nitrogens with zero attached hydrogens (tertiary/aromatic N) is 4. The second-order valence-corrected chi connectivity index (χ2v) is 6.98. The standard InChI is InChI=1S/C18H23N5O4/c1-11-16(27-12(2)19-11)17(25)23-4-3-13(10-23)14-9-15(24)21-18(20-14)22-5-7-26-8-6-22/h9,13H,3-8,10H2,1-2H3,(H,20,21,24)/t13-/m1/s1. The van der Waals surface area contributed by atoms with Gasteiger partial charge in [0.1, 0.15) is 0 Å². The highest BCUT2D eigenvalue weighted by Crippen LogP contribution is 2.28. The maximum atomic E-state index is 12.7. The molecule has 0 aliphatic carbocycles. The monoisotopic (exact) mass is 373 g/mol. The van der Waals surface area contributed by atoms with E-state index in [9.17, 15) is 9.59 Å². The number of anilines is 1. The van der Waals surface area contributed by atoms with E-state index < -0.39 is 0 Å². The van der Waals surface area contributed by atoms with Gasteiger partial charge in [-0.25, -0.2) is 9.97 Å². The molecule has 27 heavy (non-hydrogen) atoms. The second-order valence-electron chi connectivity index (χ2n) is 6.98. The lowest BCUT2D eigenvalue weighted by molar-refractivity contribution is 0.0756. The number of hydrogen-bond donors (Lipinski definition) is 1. The summed E-state index contributed by atoms with van der Waals surface area (Å²) >= 11 is 0. The van der Waals surface area contributed by atoms with Crippen molar-refractivity contribution in [2.24, 2.45) is 0 Å². The number of rotatable bonds is 3. The Morgan fingerprint density at radius 3 is 2.70 bits per heavy atom. The van der Waals surface area contributed by atoms with Crippen LogP contribution in [0.1, 0.15) is 40.2 Å². The zero-order valence-corrected chi connectivity index (χ0v) is 15.5. The zero-order chi connectivity index (χ0) is 19.0. The summed E-state index contributed by atoms with van der Waals surface area (Å²) in [5.74, 6) is 1.22. The van der Waals surface area contributed by atoms with Crippen molar-refractivity contribution in [3.63, 3.8) is 0 Å².